The lowest BCUT2D eigenvalue weighted by Crippen LogP contribution is -2.30. The Morgan fingerprint density at radius 1 is 1.07 bits per heavy atom. The third-order valence-corrected chi connectivity index (χ3v) is 8.71. The number of methoxy groups -OCH3 is 1. The number of pyridine rings is 1. The van der Waals surface area contributed by atoms with Crippen LogP contribution in [0.5, 0.6) is 5.75 Å². The quantitative estimate of drug-likeness (QED) is 0.180. The largest absolute Gasteiger partial charge is 0.496 e. The van der Waals surface area contributed by atoms with Gasteiger partial charge in [0, 0.05) is 61.7 Å². The highest BCUT2D eigenvalue weighted by Crippen LogP contribution is 2.41. The van der Waals surface area contributed by atoms with Crippen molar-refractivity contribution in [3.63, 3.8) is 0 Å². The predicted octanol–water partition coefficient (Wildman–Crippen LogP) is 7.23. The SMILES string of the molecule is COc1cc(-c2nccc(-c3cccc(NC(=O)c4nc5c(n4C)CCN(Cc4ccc(F)cc4)C5)c3Cl)c2Cl)ccc1C=O. The van der Waals surface area contributed by atoms with Gasteiger partial charge in [-0.25, -0.2) is 9.37 Å². The van der Waals surface area contributed by atoms with Crippen molar-refractivity contribution in [2.45, 2.75) is 19.5 Å². The number of nitrogens with one attached hydrogen (secondary N) is 1. The molecule has 0 aliphatic carbocycles. The van der Waals surface area contributed by atoms with E-state index in [0.717, 1.165) is 36.2 Å². The number of carbonyl (C=O) groups excluding carboxylic acids is 2. The first-order valence-corrected chi connectivity index (χ1v) is 14.9. The number of fused-ring (bicyclic) bond motifs is 1. The molecule has 0 atom stereocenters. The number of nitrogens with zero attached hydrogens (tertiary/aromatic N) is 4. The second-order valence-electron chi connectivity index (χ2n) is 10.7. The van der Waals surface area contributed by atoms with E-state index in [1.54, 1.807) is 54.7 Å². The molecule has 0 unspecified atom stereocenters. The Morgan fingerprint density at radius 3 is 2.60 bits per heavy atom. The van der Waals surface area contributed by atoms with Crippen molar-refractivity contribution >= 4 is 41.1 Å². The summed E-state index contributed by atoms with van der Waals surface area (Å²) in [6.07, 6.45) is 3.07. The van der Waals surface area contributed by atoms with Crippen molar-refractivity contribution in [3.8, 4) is 28.1 Å². The molecule has 0 saturated heterocycles. The van der Waals surface area contributed by atoms with E-state index in [4.69, 9.17) is 32.9 Å². The minimum atomic E-state index is -0.389. The summed E-state index contributed by atoms with van der Waals surface area (Å²) in [7, 11) is 3.32. The summed E-state index contributed by atoms with van der Waals surface area (Å²) in [5, 5.41) is 3.59. The summed E-state index contributed by atoms with van der Waals surface area (Å²) in [5.41, 5.74) is 6.06. The van der Waals surface area contributed by atoms with Gasteiger partial charge in [-0.15, -0.1) is 0 Å². The van der Waals surface area contributed by atoms with Crippen LogP contribution in [0.4, 0.5) is 10.1 Å². The summed E-state index contributed by atoms with van der Waals surface area (Å²) >= 11 is 13.7. The predicted molar refractivity (Wildman–Crippen MR) is 172 cm³/mol. The molecule has 5 aromatic rings. The number of halogens is 3. The van der Waals surface area contributed by atoms with Crippen molar-refractivity contribution in [1.29, 1.82) is 0 Å². The van der Waals surface area contributed by atoms with Gasteiger partial charge in [-0.2, -0.15) is 0 Å². The molecule has 11 heteroatoms. The van der Waals surface area contributed by atoms with Gasteiger partial charge in [-0.05, 0) is 42.0 Å². The summed E-state index contributed by atoms with van der Waals surface area (Å²) in [5.74, 6) is 0.0367. The lowest BCUT2D eigenvalue weighted by atomic mass is 10.0. The van der Waals surface area contributed by atoms with E-state index in [1.165, 1.54) is 19.2 Å². The summed E-state index contributed by atoms with van der Waals surface area (Å²) < 4.78 is 20.5. The lowest BCUT2D eigenvalue weighted by molar-refractivity contribution is 0.101. The molecule has 1 N–H and O–H groups in total. The van der Waals surface area contributed by atoms with Gasteiger partial charge in [0.15, 0.2) is 12.1 Å². The zero-order valence-corrected chi connectivity index (χ0v) is 26.0. The number of hydrogen-bond acceptors (Lipinski definition) is 6. The van der Waals surface area contributed by atoms with Gasteiger partial charge >= 0.3 is 0 Å². The lowest BCUT2D eigenvalue weighted by Gasteiger charge is -2.26. The first-order chi connectivity index (χ1) is 21.8. The van der Waals surface area contributed by atoms with E-state index < -0.39 is 0 Å². The monoisotopic (exact) mass is 643 g/mol. The van der Waals surface area contributed by atoms with E-state index in [1.807, 2.05) is 17.7 Å². The Bertz CT molecular complexity index is 1930. The second kappa shape index (κ2) is 12.8. The average molecular weight is 645 g/mol. The molecule has 0 fully saturated rings. The minimum absolute atomic E-state index is 0.261. The van der Waals surface area contributed by atoms with E-state index in [9.17, 15) is 14.0 Å². The van der Waals surface area contributed by atoms with Crippen LogP contribution in [0.3, 0.4) is 0 Å². The molecule has 2 aromatic heterocycles. The molecule has 0 bridgehead atoms. The van der Waals surface area contributed by atoms with Crippen LogP contribution in [0.15, 0.2) is 72.9 Å². The number of rotatable bonds is 8. The highest BCUT2D eigenvalue weighted by atomic mass is 35.5. The number of anilines is 1. The number of aldehydes is 1. The first kappa shape index (κ1) is 30.5. The van der Waals surface area contributed by atoms with Gasteiger partial charge < -0.3 is 14.6 Å². The smallest absolute Gasteiger partial charge is 0.291 e. The third kappa shape index (κ3) is 6.07. The van der Waals surface area contributed by atoms with Gasteiger partial charge in [0.05, 0.1) is 39.8 Å². The van der Waals surface area contributed by atoms with Crippen LogP contribution < -0.4 is 10.1 Å². The number of hydrogen-bond donors (Lipinski definition) is 1. The average Bonchev–Trinajstić information content (AvgIpc) is 3.38. The van der Waals surface area contributed by atoms with E-state index in [0.29, 0.717) is 62.5 Å². The standard InChI is InChI=1S/C34H28Cl2FN5O3/c1-41-28-13-15-42(17-20-6-10-23(37)11-7-20)18-27(28)39-33(41)34(44)40-26-5-3-4-24(30(26)35)25-12-14-38-32(31(25)36)21-8-9-22(19-43)29(16-21)45-2/h3-12,14,16,19H,13,15,17-18H2,1-2H3,(H,40,44). The summed E-state index contributed by atoms with van der Waals surface area (Å²) in [6.45, 7) is 2.04. The van der Waals surface area contributed by atoms with E-state index in [-0.39, 0.29) is 17.5 Å². The van der Waals surface area contributed by atoms with Crippen LogP contribution in [-0.2, 0) is 26.6 Å². The van der Waals surface area contributed by atoms with Gasteiger partial charge in [0.25, 0.3) is 5.91 Å². The fraction of sp³-hybridized carbons (Fsp3) is 0.176. The number of benzene rings is 3. The zero-order valence-electron chi connectivity index (χ0n) is 24.5. The fourth-order valence-corrected chi connectivity index (χ4v) is 6.19. The fourth-order valence-electron chi connectivity index (χ4n) is 5.59. The maximum absolute atomic E-state index is 13.5. The molecule has 228 valence electrons. The van der Waals surface area contributed by atoms with Crippen molar-refractivity contribution in [1.82, 2.24) is 19.4 Å². The molecule has 3 heterocycles. The first-order valence-electron chi connectivity index (χ1n) is 14.2. The molecule has 8 nitrogen and oxygen atoms in total. The topological polar surface area (TPSA) is 89.3 Å². The highest BCUT2D eigenvalue weighted by Gasteiger charge is 2.26. The van der Waals surface area contributed by atoms with Crippen LogP contribution in [0.25, 0.3) is 22.4 Å². The molecule has 0 radical (unpaired) electrons. The van der Waals surface area contributed by atoms with Gasteiger partial charge in [-0.3, -0.25) is 19.5 Å². The second-order valence-corrected chi connectivity index (χ2v) is 11.4. The number of imidazole rings is 1. The van der Waals surface area contributed by atoms with Crippen LogP contribution >= 0.6 is 23.2 Å². The molecule has 1 amide bonds. The molecule has 1 aliphatic rings. The van der Waals surface area contributed by atoms with Gasteiger partial charge in [-0.1, -0.05) is 53.5 Å². The maximum Gasteiger partial charge on any atom is 0.291 e. The molecule has 3 aromatic carbocycles. The number of ether oxygens (including phenoxy) is 1. The maximum atomic E-state index is 13.5. The Labute approximate surface area is 269 Å². The molecule has 45 heavy (non-hydrogen) atoms. The summed E-state index contributed by atoms with van der Waals surface area (Å²) in [4.78, 5) is 36.2. The van der Waals surface area contributed by atoms with Crippen LogP contribution in [-0.4, -0.2) is 45.3 Å². The normalized spacial score (nSPS) is 12.9. The van der Waals surface area contributed by atoms with E-state index >= 15 is 0 Å². The number of aromatic nitrogens is 3. The Morgan fingerprint density at radius 2 is 1.84 bits per heavy atom. The minimum Gasteiger partial charge on any atom is -0.496 e. The molecule has 0 spiro atoms. The summed E-state index contributed by atoms with van der Waals surface area (Å²) in [6, 6.07) is 18.6. The van der Waals surface area contributed by atoms with Crippen molar-refractivity contribution < 1.29 is 18.7 Å². The van der Waals surface area contributed by atoms with Crippen LogP contribution in [0.2, 0.25) is 10.0 Å². The van der Waals surface area contributed by atoms with Crippen molar-refractivity contribution in [3.05, 3.63) is 117 Å². The Hall–Kier alpha value is -4.57. The van der Waals surface area contributed by atoms with Crippen LogP contribution in [0.1, 0.15) is 37.9 Å². The number of amides is 1. The molecule has 0 saturated carbocycles. The van der Waals surface area contributed by atoms with Gasteiger partial charge in [0.1, 0.15) is 11.6 Å². The number of carbonyl (C=O) groups is 2. The third-order valence-electron chi connectivity index (χ3n) is 7.92. The molecule has 6 rings (SSSR count). The zero-order chi connectivity index (χ0) is 31.7. The van der Waals surface area contributed by atoms with Crippen molar-refractivity contribution in [2.75, 3.05) is 19.0 Å². The molecule has 1 aliphatic heterocycles. The Balaban J connectivity index is 1.24. The van der Waals surface area contributed by atoms with E-state index in [2.05, 4.69) is 15.2 Å². The van der Waals surface area contributed by atoms with Crippen molar-refractivity contribution in [2.24, 2.45) is 7.05 Å². The Kier molecular flexibility index (Phi) is 8.67. The highest BCUT2D eigenvalue weighted by molar-refractivity contribution is 6.39. The molecular formula is C34H28Cl2FN5O3. The molecular weight excluding hydrogens is 616 g/mol. The van der Waals surface area contributed by atoms with Gasteiger partial charge in [0.2, 0.25) is 0 Å². The van der Waals surface area contributed by atoms with Crippen LogP contribution in [0, 0.1) is 5.82 Å².